The number of hydrogen-bond donors (Lipinski definition) is 2. The van der Waals surface area contributed by atoms with Gasteiger partial charge < -0.3 is 10.6 Å². The molecular formula is C31H37N3O2. The average molecular weight is 484 g/mol. The molecule has 0 saturated carbocycles. The normalized spacial score (nSPS) is 15.1. The Bertz CT molecular complexity index is 1190. The minimum absolute atomic E-state index is 0.136. The third-order valence-corrected chi connectivity index (χ3v) is 6.96. The predicted octanol–water partition coefficient (Wildman–Crippen LogP) is 5.57. The maximum atomic E-state index is 13.9. The van der Waals surface area contributed by atoms with Crippen LogP contribution < -0.4 is 10.6 Å². The Morgan fingerprint density at radius 1 is 0.833 bits per heavy atom. The van der Waals surface area contributed by atoms with Gasteiger partial charge in [0.25, 0.3) is 0 Å². The fourth-order valence-electron chi connectivity index (χ4n) is 5.08. The summed E-state index contributed by atoms with van der Waals surface area (Å²) in [6.45, 7) is 9.60. The quantitative estimate of drug-likeness (QED) is 0.440. The predicted molar refractivity (Wildman–Crippen MR) is 146 cm³/mol. The molecule has 5 heteroatoms. The number of carbonyl (C=O) groups is 2. The van der Waals surface area contributed by atoms with E-state index in [1.807, 2.05) is 62.4 Å². The minimum Gasteiger partial charge on any atom is -0.343 e. The second-order valence-electron chi connectivity index (χ2n) is 10.2. The molecule has 0 bridgehead atoms. The molecule has 0 saturated heterocycles. The summed E-state index contributed by atoms with van der Waals surface area (Å²) in [7, 11) is 0. The lowest BCUT2D eigenvalue weighted by Crippen LogP contribution is -2.50. The number of para-hydroxylation sites is 1. The Balaban J connectivity index is 1.59. The van der Waals surface area contributed by atoms with Crippen molar-refractivity contribution in [1.82, 2.24) is 10.2 Å². The van der Waals surface area contributed by atoms with Gasteiger partial charge in [-0.2, -0.15) is 0 Å². The number of amides is 2. The Labute approximate surface area is 214 Å². The van der Waals surface area contributed by atoms with Crippen molar-refractivity contribution in [2.75, 3.05) is 11.9 Å². The summed E-state index contributed by atoms with van der Waals surface area (Å²) < 4.78 is 0. The molecule has 5 nitrogen and oxygen atoms in total. The largest absolute Gasteiger partial charge is 0.343 e. The molecule has 3 aromatic rings. The number of nitrogens with one attached hydrogen (secondary N) is 2. The highest BCUT2D eigenvalue weighted by Crippen LogP contribution is 2.29. The maximum absolute atomic E-state index is 13.9. The van der Waals surface area contributed by atoms with Crippen LogP contribution in [0.5, 0.6) is 0 Å². The molecule has 2 amide bonds. The number of benzene rings is 3. The SMILES string of the molecule is Cc1cccc(C)c1NC(=O)C(CC(C)C)NC(=O)C(c1ccccc1)N1CCc2ccccc2C1. The van der Waals surface area contributed by atoms with E-state index in [0.29, 0.717) is 13.0 Å². The van der Waals surface area contributed by atoms with Crippen LogP contribution >= 0.6 is 0 Å². The van der Waals surface area contributed by atoms with Gasteiger partial charge in [-0.25, -0.2) is 0 Å². The van der Waals surface area contributed by atoms with Crippen molar-refractivity contribution in [2.45, 2.75) is 59.2 Å². The lowest BCUT2D eigenvalue weighted by Gasteiger charge is -2.36. The van der Waals surface area contributed by atoms with Crippen LogP contribution in [0.1, 0.15) is 54.1 Å². The first kappa shape index (κ1) is 25.6. The van der Waals surface area contributed by atoms with Gasteiger partial charge in [-0.1, -0.05) is 86.6 Å². The Kier molecular flexibility index (Phi) is 8.21. The monoisotopic (exact) mass is 483 g/mol. The third-order valence-electron chi connectivity index (χ3n) is 6.96. The molecule has 188 valence electrons. The number of carbonyl (C=O) groups excluding carboxylic acids is 2. The van der Waals surface area contributed by atoms with E-state index in [-0.39, 0.29) is 17.7 Å². The van der Waals surface area contributed by atoms with Crippen LogP contribution in [0.3, 0.4) is 0 Å². The van der Waals surface area contributed by atoms with Crippen LogP contribution in [0, 0.1) is 19.8 Å². The van der Waals surface area contributed by atoms with Crippen LogP contribution in [0.4, 0.5) is 5.69 Å². The average Bonchev–Trinajstić information content (AvgIpc) is 2.86. The highest BCUT2D eigenvalue weighted by molar-refractivity contribution is 5.99. The molecule has 36 heavy (non-hydrogen) atoms. The van der Waals surface area contributed by atoms with Crippen molar-refractivity contribution in [3.05, 3.63) is 101 Å². The van der Waals surface area contributed by atoms with E-state index >= 15 is 0 Å². The lowest BCUT2D eigenvalue weighted by atomic mass is 9.95. The van der Waals surface area contributed by atoms with Crippen molar-refractivity contribution in [3.8, 4) is 0 Å². The molecule has 0 aliphatic carbocycles. The molecule has 2 atom stereocenters. The standard InChI is InChI=1S/C31H37N3O2/c1-21(2)19-27(30(35)33-28-22(3)11-10-12-23(28)4)32-31(36)29(25-14-6-5-7-15-25)34-18-17-24-13-8-9-16-26(24)20-34/h5-16,21,27,29H,17-20H2,1-4H3,(H,32,36)(H,33,35). The first-order valence-electron chi connectivity index (χ1n) is 12.9. The van der Waals surface area contributed by atoms with Gasteiger partial charge in [0, 0.05) is 18.8 Å². The van der Waals surface area contributed by atoms with Crippen molar-refractivity contribution in [2.24, 2.45) is 5.92 Å². The fourth-order valence-corrected chi connectivity index (χ4v) is 5.08. The van der Waals surface area contributed by atoms with Crippen LogP contribution in [0.15, 0.2) is 72.8 Å². The van der Waals surface area contributed by atoms with Crippen molar-refractivity contribution in [1.29, 1.82) is 0 Å². The van der Waals surface area contributed by atoms with Crippen molar-refractivity contribution >= 4 is 17.5 Å². The van der Waals surface area contributed by atoms with E-state index in [1.54, 1.807) is 0 Å². The van der Waals surface area contributed by atoms with Gasteiger partial charge in [0.15, 0.2) is 0 Å². The van der Waals surface area contributed by atoms with E-state index in [4.69, 9.17) is 0 Å². The molecule has 0 spiro atoms. The van der Waals surface area contributed by atoms with Gasteiger partial charge in [0.1, 0.15) is 12.1 Å². The zero-order chi connectivity index (χ0) is 25.7. The summed E-state index contributed by atoms with van der Waals surface area (Å²) >= 11 is 0. The second-order valence-corrected chi connectivity index (χ2v) is 10.2. The van der Waals surface area contributed by atoms with Gasteiger partial charge in [0.2, 0.25) is 11.8 Å². The second kappa shape index (κ2) is 11.5. The highest BCUT2D eigenvalue weighted by atomic mass is 16.2. The van der Waals surface area contributed by atoms with E-state index < -0.39 is 12.1 Å². The molecule has 3 aromatic carbocycles. The van der Waals surface area contributed by atoms with E-state index in [1.165, 1.54) is 11.1 Å². The van der Waals surface area contributed by atoms with Gasteiger partial charge in [-0.05, 0) is 60.4 Å². The zero-order valence-electron chi connectivity index (χ0n) is 21.8. The maximum Gasteiger partial charge on any atom is 0.246 e. The van der Waals surface area contributed by atoms with Gasteiger partial charge in [0.05, 0.1) is 0 Å². The summed E-state index contributed by atoms with van der Waals surface area (Å²) in [6.07, 6.45) is 1.46. The zero-order valence-corrected chi connectivity index (χ0v) is 21.8. The first-order chi connectivity index (χ1) is 17.3. The summed E-state index contributed by atoms with van der Waals surface area (Å²) in [5, 5.41) is 6.23. The molecular weight excluding hydrogens is 446 g/mol. The van der Waals surface area contributed by atoms with E-state index in [9.17, 15) is 9.59 Å². The molecule has 4 rings (SSSR count). The summed E-state index contributed by atoms with van der Waals surface area (Å²) in [6, 6.07) is 23.2. The number of hydrogen-bond acceptors (Lipinski definition) is 3. The number of aryl methyl sites for hydroxylation is 2. The molecule has 1 heterocycles. The van der Waals surface area contributed by atoms with Crippen LogP contribution in [0.25, 0.3) is 0 Å². The number of rotatable bonds is 8. The van der Waals surface area contributed by atoms with Crippen molar-refractivity contribution < 1.29 is 9.59 Å². The Hall–Kier alpha value is -3.44. The summed E-state index contributed by atoms with van der Waals surface area (Å²) in [4.78, 5) is 29.6. The molecule has 2 unspecified atom stereocenters. The first-order valence-corrected chi connectivity index (χ1v) is 12.9. The van der Waals surface area contributed by atoms with Crippen LogP contribution in [0.2, 0.25) is 0 Å². The van der Waals surface area contributed by atoms with Crippen LogP contribution in [-0.4, -0.2) is 29.3 Å². The molecule has 0 aromatic heterocycles. The Morgan fingerprint density at radius 3 is 2.14 bits per heavy atom. The van der Waals surface area contributed by atoms with Crippen LogP contribution in [-0.2, 0) is 22.6 Å². The lowest BCUT2D eigenvalue weighted by molar-refractivity contribution is -0.131. The van der Waals surface area contributed by atoms with E-state index in [0.717, 1.165) is 35.3 Å². The number of anilines is 1. The minimum atomic E-state index is -0.625. The molecule has 0 fully saturated rings. The number of nitrogens with zero attached hydrogens (tertiary/aromatic N) is 1. The van der Waals surface area contributed by atoms with E-state index in [2.05, 4.69) is 53.6 Å². The molecule has 1 aliphatic heterocycles. The fraction of sp³-hybridized carbons (Fsp3) is 0.355. The van der Waals surface area contributed by atoms with Crippen molar-refractivity contribution in [3.63, 3.8) is 0 Å². The third kappa shape index (κ3) is 6.03. The summed E-state index contributed by atoms with van der Waals surface area (Å²) in [5.74, 6) is -0.0656. The van der Waals surface area contributed by atoms with Gasteiger partial charge >= 0.3 is 0 Å². The van der Waals surface area contributed by atoms with Gasteiger partial charge in [-0.15, -0.1) is 0 Å². The highest BCUT2D eigenvalue weighted by Gasteiger charge is 2.33. The summed E-state index contributed by atoms with van der Waals surface area (Å²) in [5.41, 5.74) is 6.36. The smallest absolute Gasteiger partial charge is 0.246 e. The molecule has 2 N–H and O–H groups in total. The molecule has 1 aliphatic rings. The number of fused-ring (bicyclic) bond motifs is 1. The topological polar surface area (TPSA) is 61.4 Å². The molecule has 0 radical (unpaired) electrons. The van der Waals surface area contributed by atoms with Gasteiger partial charge in [-0.3, -0.25) is 14.5 Å². The Morgan fingerprint density at radius 2 is 1.47 bits per heavy atom.